The molecule has 1 aromatic heterocycles. The van der Waals surface area contributed by atoms with Crippen molar-refractivity contribution in [3.63, 3.8) is 0 Å². The lowest BCUT2D eigenvalue weighted by Crippen LogP contribution is -2.30. The highest BCUT2D eigenvalue weighted by Gasteiger charge is 2.31. The second-order valence-electron chi connectivity index (χ2n) is 8.81. The first kappa shape index (κ1) is 18.4. The Kier molecular flexibility index (Phi) is 4.61. The van der Waals surface area contributed by atoms with Crippen LogP contribution in [0.4, 0.5) is 0 Å². The average molecular weight is 385 g/mol. The van der Waals surface area contributed by atoms with E-state index in [1.54, 1.807) is 0 Å². The van der Waals surface area contributed by atoms with Crippen molar-refractivity contribution < 1.29 is 0 Å². The van der Waals surface area contributed by atoms with Crippen molar-refractivity contribution in [2.75, 3.05) is 0 Å². The van der Waals surface area contributed by atoms with E-state index >= 15 is 0 Å². The number of aryl methyl sites for hydroxylation is 1. The predicted octanol–water partition coefficient (Wildman–Crippen LogP) is 5.92. The SMILES string of the molecule is Cc1ccc(-n2c3c(c(C4CCCCC4)nc2=O)CC(C)c2ccccc2-3)cc1. The van der Waals surface area contributed by atoms with Gasteiger partial charge in [-0.2, -0.15) is 4.98 Å². The summed E-state index contributed by atoms with van der Waals surface area (Å²) in [4.78, 5) is 18.1. The fraction of sp³-hybridized carbons (Fsp3) is 0.385. The molecule has 2 aliphatic rings. The monoisotopic (exact) mass is 384 g/mol. The molecule has 0 bridgehead atoms. The van der Waals surface area contributed by atoms with Crippen molar-refractivity contribution in [3.8, 4) is 16.9 Å². The summed E-state index contributed by atoms with van der Waals surface area (Å²) in [5.74, 6) is 0.863. The summed E-state index contributed by atoms with van der Waals surface area (Å²) >= 11 is 0. The van der Waals surface area contributed by atoms with Crippen LogP contribution in [0.15, 0.2) is 53.3 Å². The molecule has 1 heterocycles. The van der Waals surface area contributed by atoms with Crippen LogP contribution in [0, 0.1) is 6.92 Å². The van der Waals surface area contributed by atoms with Gasteiger partial charge in [0.25, 0.3) is 0 Å². The Balaban J connectivity index is 1.81. The van der Waals surface area contributed by atoms with Crippen molar-refractivity contribution in [2.24, 2.45) is 0 Å². The highest BCUT2D eigenvalue weighted by molar-refractivity contribution is 5.73. The second kappa shape index (κ2) is 7.29. The first-order chi connectivity index (χ1) is 14.1. The maximum atomic E-state index is 13.4. The van der Waals surface area contributed by atoms with E-state index in [2.05, 4.69) is 50.2 Å². The fourth-order valence-corrected chi connectivity index (χ4v) is 5.26. The van der Waals surface area contributed by atoms with Gasteiger partial charge >= 0.3 is 5.69 Å². The van der Waals surface area contributed by atoms with E-state index in [0.717, 1.165) is 36.3 Å². The van der Waals surface area contributed by atoms with Gasteiger partial charge in [-0.3, -0.25) is 4.57 Å². The quantitative estimate of drug-likeness (QED) is 0.550. The van der Waals surface area contributed by atoms with E-state index in [1.165, 1.54) is 41.5 Å². The van der Waals surface area contributed by atoms with E-state index in [0.29, 0.717) is 11.8 Å². The first-order valence-corrected chi connectivity index (χ1v) is 11.0. The normalized spacial score (nSPS) is 18.9. The summed E-state index contributed by atoms with van der Waals surface area (Å²) < 4.78 is 1.85. The minimum Gasteiger partial charge on any atom is -0.260 e. The van der Waals surface area contributed by atoms with Crippen LogP contribution in [0.2, 0.25) is 0 Å². The molecule has 0 amide bonds. The molecule has 148 valence electrons. The van der Waals surface area contributed by atoms with Crippen LogP contribution < -0.4 is 5.69 Å². The molecule has 0 spiro atoms. The van der Waals surface area contributed by atoms with Crippen LogP contribution in [0.5, 0.6) is 0 Å². The standard InChI is InChI=1S/C26H28N2O/c1-17-12-14-20(15-13-17)28-25-22-11-7-6-10-21(22)18(2)16-23(25)24(27-26(28)29)19-8-4-3-5-9-19/h6-7,10-15,18-19H,3-5,8-9,16H2,1-2H3. The van der Waals surface area contributed by atoms with Gasteiger partial charge in [0.2, 0.25) is 0 Å². The van der Waals surface area contributed by atoms with Crippen molar-refractivity contribution >= 4 is 0 Å². The molecule has 3 aromatic rings. The summed E-state index contributed by atoms with van der Waals surface area (Å²) in [5, 5.41) is 0. The third kappa shape index (κ3) is 3.13. The van der Waals surface area contributed by atoms with E-state index < -0.39 is 0 Å². The van der Waals surface area contributed by atoms with Gasteiger partial charge in [0.1, 0.15) is 0 Å². The highest BCUT2D eigenvalue weighted by Crippen LogP contribution is 2.43. The lowest BCUT2D eigenvalue weighted by atomic mass is 9.77. The zero-order chi connectivity index (χ0) is 20.0. The fourth-order valence-electron chi connectivity index (χ4n) is 5.26. The van der Waals surface area contributed by atoms with Crippen LogP contribution >= 0.6 is 0 Å². The van der Waals surface area contributed by atoms with Crippen molar-refractivity contribution in [3.05, 3.63) is 81.4 Å². The molecule has 0 aliphatic heterocycles. The van der Waals surface area contributed by atoms with Gasteiger partial charge in [-0.05, 0) is 55.4 Å². The Morgan fingerprint density at radius 3 is 2.45 bits per heavy atom. The van der Waals surface area contributed by atoms with Crippen LogP contribution in [0.3, 0.4) is 0 Å². The number of benzene rings is 2. The zero-order valence-corrected chi connectivity index (χ0v) is 17.3. The van der Waals surface area contributed by atoms with E-state index in [4.69, 9.17) is 4.98 Å². The minimum absolute atomic E-state index is 0.141. The van der Waals surface area contributed by atoms with Gasteiger partial charge in [-0.1, -0.05) is 68.1 Å². The maximum absolute atomic E-state index is 13.4. The molecule has 5 rings (SSSR count). The molecule has 3 heteroatoms. The summed E-state index contributed by atoms with van der Waals surface area (Å²) in [6.45, 7) is 4.37. The number of hydrogen-bond acceptors (Lipinski definition) is 2. The Labute approximate surface area is 172 Å². The zero-order valence-electron chi connectivity index (χ0n) is 17.3. The lowest BCUT2D eigenvalue weighted by Gasteiger charge is -2.32. The molecule has 1 unspecified atom stereocenters. The molecule has 0 radical (unpaired) electrons. The second-order valence-corrected chi connectivity index (χ2v) is 8.81. The van der Waals surface area contributed by atoms with Crippen molar-refractivity contribution in [1.82, 2.24) is 9.55 Å². The molecule has 1 atom stereocenters. The summed E-state index contributed by atoms with van der Waals surface area (Å²) in [6.07, 6.45) is 7.06. The first-order valence-electron chi connectivity index (χ1n) is 11.0. The summed E-state index contributed by atoms with van der Waals surface area (Å²) in [6, 6.07) is 16.8. The molecular weight excluding hydrogens is 356 g/mol. The Morgan fingerprint density at radius 2 is 1.69 bits per heavy atom. The Hall–Kier alpha value is -2.68. The number of fused-ring (bicyclic) bond motifs is 3. The van der Waals surface area contributed by atoms with Gasteiger partial charge in [0.15, 0.2) is 0 Å². The van der Waals surface area contributed by atoms with Crippen molar-refractivity contribution in [2.45, 2.75) is 64.2 Å². The molecule has 0 saturated heterocycles. The molecule has 1 fully saturated rings. The maximum Gasteiger partial charge on any atom is 0.352 e. The number of hydrogen-bond donors (Lipinski definition) is 0. The highest BCUT2D eigenvalue weighted by atomic mass is 16.1. The van der Waals surface area contributed by atoms with Crippen LogP contribution in [0.1, 0.15) is 73.2 Å². The van der Waals surface area contributed by atoms with Crippen molar-refractivity contribution in [1.29, 1.82) is 0 Å². The van der Waals surface area contributed by atoms with Gasteiger partial charge < -0.3 is 0 Å². The Bertz CT molecular complexity index is 1100. The van der Waals surface area contributed by atoms with Crippen LogP contribution in [-0.2, 0) is 6.42 Å². The van der Waals surface area contributed by atoms with Gasteiger partial charge in [0, 0.05) is 11.5 Å². The minimum atomic E-state index is -0.141. The molecule has 29 heavy (non-hydrogen) atoms. The molecule has 3 nitrogen and oxygen atoms in total. The smallest absolute Gasteiger partial charge is 0.260 e. The summed E-state index contributed by atoms with van der Waals surface area (Å²) in [5.41, 5.74) is 7.93. The Morgan fingerprint density at radius 1 is 0.966 bits per heavy atom. The lowest BCUT2D eigenvalue weighted by molar-refractivity contribution is 0.431. The van der Waals surface area contributed by atoms with E-state index in [-0.39, 0.29) is 5.69 Å². The topological polar surface area (TPSA) is 34.9 Å². The number of rotatable bonds is 2. The van der Waals surface area contributed by atoms with Gasteiger partial charge in [-0.15, -0.1) is 0 Å². The predicted molar refractivity (Wildman–Crippen MR) is 118 cm³/mol. The molecule has 1 saturated carbocycles. The average Bonchev–Trinajstić information content (AvgIpc) is 2.75. The third-order valence-electron chi connectivity index (χ3n) is 6.77. The third-order valence-corrected chi connectivity index (χ3v) is 6.77. The van der Waals surface area contributed by atoms with Crippen LogP contribution in [-0.4, -0.2) is 9.55 Å². The van der Waals surface area contributed by atoms with Gasteiger partial charge in [-0.25, -0.2) is 4.79 Å². The van der Waals surface area contributed by atoms with E-state index in [9.17, 15) is 4.79 Å². The molecule has 2 aromatic carbocycles. The van der Waals surface area contributed by atoms with E-state index in [1.807, 2.05) is 16.7 Å². The molecular formula is C26H28N2O. The largest absolute Gasteiger partial charge is 0.352 e. The molecule has 0 N–H and O–H groups in total. The number of aromatic nitrogens is 2. The number of nitrogens with zero attached hydrogens (tertiary/aromatic N) is 2. The van der Waals surface area contributed by atoms with Gasteiger partial charge in [0.05, 0.1) is 17.1 Å². The van der Waals surface area contributed by atoms with Crippen LogP contribution in [0.25, 0.3) is 16.9 Å². The summed E-state index contributed by atoms with van der Waals surface area (Å²) in [7, 11) is 0. The molecule has 2 aliphatic carbocycles.